The molecule has 1 atom stereocenters. The fourth-order valence-electron chi connectivity index (χ4n) is 2.98. The molecule has 0 aliphatic rings. The predicted molar refractivity (Wildman–Crippen MR) is 101 cm³/mol. The summed E-state index contributed by atoms with van der Waals surface area (Å²) in [5.41, 5.74) is 3.04. The van der Waals surface area contributed by atoms with Gasteiger partial charge in [0.05, 0.1) is 24.4 Å². The number of hydrogen-bond donors (Lipinski definition) is 0. The van der Waals surface area contributed by atoms with Crippen molar-refractivity contribution >= 4 is 6.29 Å². The molecule has 2 heterocycles. The second kappa shape index (κ2) is 9.12. The molecule has 0 bridgehead atoms. The van der Waals surface area contributed by atoms with E-state index in [1.54, 1.807) is 24.4 Å². The van der Waals surface area contributed by atoms with Crippen molar-refractivity contribution in [1.29, 1.82) is 0 Å². The van der Waals surface area contributed by atoms with Crippen LogP contribution in [-0.4, -0.2) is 36.6 Å². The molecule has 6 nitrogen and oxygen atoms in total. The number of ether oxygens (including phenoxy) is 2. The number of carbonyl (C=O) groups excluding carboxylic acids is 1. The maximum atomic E-state index is 12.5. The molecule has 3 aromatic rings. The summed E-state index contributed by atoms with van der Waals surface area (Å²) in [7, 11) is 1.51. The minimum Gasteiger partial charge on any atom is -0.493 e. The Hall–Kier alpha value is -3.22. The second-order valence-electron chi connectivity index (χ2n) is 6.14. The Morgan fingerprint density at radius 2 is 2.14 bits per heavy atom. The van der Waals surface area contributed by atoms with Gasteiger partial charge in [-0.3, -0.25) is 4.98 Å². The number of pyridine rings is 1. The number of aldehydes is 1. The first-order valence-electron chi connectivity index (χ1n) is 8.85. The smallest absolute Gasteiger partial charge is 0.226 e. The van der Waals surface area contributed by atoms with E-state index < -0.39 is 6.67 Å². The van der Waals surface area contributed by atoms with Gasteiger partial charge in [0.25, 0.3) is 0 Å². The van der Waals surface area contributed by atoms with Gasteiger partial charge in [-0.2, -0.15) is 0 Å². The predicted octanol–water partition coefficient (Wildman–Crippen LogP) is 4.12. The van der Waals surface area contributed by atoms with Crippen LogP contribution in [0.5, 0.6) is 11.5 Å². The minimum atomic E-state index is -0.604. The van der Waals surface area contributed by atoms with Gasteiger partial charge in [0.2, 0.25) is 5.89 Å². The molecule has 1 aromatic carbocycles. The topological polar surface area (TPSA) is 74.5 Å². The first kappa shape index (κ1) is 19.5. The monoisotopic (exact) mass is 384 g/mol. The van der Waals surface area contributed by atoms with Gasteiger partial charge in [-0.15, -0.1) is 0 Å². The van der Waals surface area contributed by atoms with Crippen LogP contribution < -0.4 is 9.47 Å². The molecular formula is C21H21FN2O4. The van der Waals surface area contributed by atoms with Gasteiger partial charge in [0, 0.05) is 18.2 Å². The normalized spacial score (nSPS) is 11.8. The lowest BCUT2D eigenvalue weighted by molar-refractivity contribution is -0.108. The molecule has 28 heavy (non-hydrogen) atoms. The van der Waals surface area contributed by atoms with Crippen LogP contribution in [0.3, 0.4) is 0 Å². The molecule has 2 aromatic heterocycles. The lowest BCUT2D eigenvalue weighted by atomic mass is 9.95. The van der Waals surface area contributed by atoms with Gasteiger partial charge in [-0.25, -0.2) is 9.37 Å². The van der Waals surface area contributed by atoms with E-state index in [4.69, 9.17) is 13.9 Å². The van der Waals surface area contributed by atoms with E-state index in [1.165, 1.54) is 13.4 Å². The van der Waals surface area contributed by atoms with E-state index in [0.29, 0.717) is 28.6 Å². The molecule has 3 rings (SSSR count). The first-order valence-corrected chi connectivity index (χ1v) is 8.85. The summed E-state index contributed by atoms with van der Waals surface area (Å²) < 4.78 is 28.7. The Balaban J connectivity index is 1.94. The maximum absolute atomic E-state index is 12.5. The summed E-state index contributed by atoms with van der Waals surface area (Å²) in [6.45, 7) is 1.27. The van der Waals surface area contributed by atoms with E-state index in [0.717, 1.165) is 17.5 Å². The average Bonchev–Trinajstić information content (AvgIpc) is 3.21. The summed E-state index contributed by atoms with van der Waals surface area (Å²) in [5, 5.41) is 0. The van der Waals surface area contributed by atoms with Crippen LogP contribution >= 0.6 is 0 Å². The van der Waals surface area contributed by atoms with Crippen molar-refractivity contribution in [2.45, 2.75) is 19.3 Å². The molecule has 0 aliphatic heterocycles. The summed E-state index contributed by atoms with van der Waals surface area (Å²) in [4.78, 5) is 20.2. The molecule has 0 saturated heterocycles. The minimum absolute atomic E-state index is 0.0724. The molecular weight excluding hydrogens is 363 g/mol. The van der Waals surface area contributed by atoms with Crippen molar-refractivity contribution in [3.05, 3.63) is 59.7 Å². The van der Waals surface area contributed by atoms with Gasteiger partial charge >= 0.3 is 0 Å². The summed E-state index contributed by atoms with van der Waals surface area (Å²) >= 11 is 0. The van der Waals surface area contributed by atoms with Gasteiger partial charge in [0.1, 0.15) is 25.8 Å². The second-order valence-corrected chi connectivity index (χ2v) is 6.14. The standard InChI is InChI=1S/C21H21FN2O4/c1-14-4-3-9-23-20(14)16(7-10-25)17-13-28-21(24-17)15-5-6-18(26-2)19(12-15)27-11-8-22/h3-6,9-10,12-13,16H,7-8,11H2,1-2H3. The van der Waals surface area contributed by atoms with E-state index in [2.05, 4.69) is 9.97 Å². The zero-order valence-electron chi connectivity index (χ0n) is 15.7. The molecule has 0 fully saturated rings. The number of nitrogens with zero attached hydrogens (tertiary/aromatic N) is 2. The van der Waals surface area contributed by atoms with Crippen LogP contribution in [-0.2, 0) is 4.79 Å². The Morgan fingerprint density at radius 3 is 2.86 bits per heavy atom. The van der Waals surface area contributed by atoms with Crippen LogP contribution in [0.25, 0.3) is 11.5 Å². The number of benzene rings is 1. The molecule has 146 valence electrons. The van der Waals surface area contributed by atoms with Gasteiger partial charge < -0.3 is 18.7 Å². The molecule has 0 spiro atoms. The van der Waals surface area contributed by atoms with Crippen molar-refractivity contribution in [3.63, 3.8) is 0 Å². The number of hydrogen-bond acceptors (Lipinski definition) is 6. The Bertz CT molecular complexity index is 942. The van der Waals surface area contributed by atoms with E-state index in [1.807, 2.05) is 19.1 Å². The summed E-state index contributed by atoms with van der Waals surface area (Å²) in [6, 6.07) is 8.96. The quantitative estimate of drug-likeness (QED) is 0.517. The number of aryl methyl sites for hydroxylation is 1. The lowest BCUT2D eigenvalue weighted by Gasteiger charge is -2.13. The van der Waals surface area contributed by atoms with Crippen molar-refractivity contribution in [2.24, 2.45) is 0 Å². The molecule has 7 heteroatoms. The highest BCUT2D eigenvalue weighted by atomic mass is 19.1. The Morgan fingerprint density at radius 1 is 1.29 bits per heavy atom. The number of oxazole rings is 1. The van der Waals surface area contributed by atoms with Crippen molar-refractivity contribution < 1.29 is 23.1 Å². The number of halogens is 1. The van der Waals surface area contributed by atoms with Gasteiger partial charge in [0.15, 0.2) is 11.5 Å². The van der Waals surface area contributed by atoms with Gasteiger partial charge in [-0.1, -0.05) is 6.07 Å². The van der Waals surface area contributed by atoms with E-state index in [9.17, 15) is 9.18 Å². The van der Waals surface area contributed by atoms with E-state index in [-0.39, 0.29) is 18.9 Å². The van der Waals surface area contributed by atoms with Crippen LogP contribution in [0, 0.1) is 6.92 Å². The SMILES string of the molecule is COc1ccc(-c2nc(C(CC=O)c3ncccc3C)co2)cc1OCCF. The number of aromatic nitrogens is 2. The number of carbonyl (C=O) groups is 1. The van der Waals surface area contributed by atoms with Crippen molar-refractivity contribution in [1.82, 2.24) is 9.97 Å². The third-order valence-corrected chi connectivity index (χ3v) is 4.34. The van der Waals surface area contributed by atoms with Crippen LogP contribution in [0.15, 0.2) is 47.2 Å². The fourth-order valence-corrected chi connectivity index (χ4v) is 2.98. The summed E-state index contributed by atoms with van der Waals surface area (Å²) in [5.74, 6) is 0.971. The highest BCUT2D eigenvalue weighted by Crippen LogP contribution is 2.34. The molecule has 0 N–H and O–H groups in total. The molecule has 0 saturated carbocycles. The lowest BCUT2D eigenvalue weighted by Crippen LogP contribution is -2.07. The molecule has 0 aliphatic carbocycles. The first-order chi connectivity index (χ1) is 13.7. The van der Waals surface area contributed by atoms with Gasteiger partial charge in [-0.05, 0) is 36.8 Å². The molecule has 1 unspecified atom stereocenters. The third kappa shape index (κ3) is 4.19. The number of rotatable bonds is 9. The van der Waals surface area contributed by atoms with Crippen LogP contribution in [0.1, 0.15) is 29.3 Å². The maximum Gasteiger partial charge on any atom is 0.226 e. The van der Waals surface area contributed by atoms with Crippen LogP contribution in [0.2, 0.25) is 0 Å². The largest absolute Gasteiger partial charge is 0.493 e. The van der Waals surface area contributed by atoms with Crippen molar-refractivity contribution in [2.75, 3.05) is 20.4 Å². The summed E-state index contributed by atoms with van der Waals surface area (Å²) in [6.07, 6.45) is 4.32. The Kier molecular flexibility index (Phi) is 6.37. The highest BCUT2D eigenvalue weighted by Gasteiger charge is 2.22. The number of alkyl halides is 1. The zero-order valence-corrected chi connectivity index (χ0v) is 15.7. The van der Waals surface area contributed by atoms with Crippen LogP contribution in [0.4, 0.5) is 4.39 Å². The third-order valence-electron chi connectivity index (χ3n) is 4.34. The van der Waals surface area contributed by atoms with E-state index >= 15 is 0 Å². The average molecular weight is 384 g/mol. The highest BCUT2D eigenvalue weighted by molar-refractivity contribution is 5.60. The zero-order chi connectivity index (χ0) is 19.9. The molecule has 0 amide bonds. The molecule has 0 radical (unpaired) electrons. The number of methoxy groups -OCH3 is 1. The van der Waals surface area contributed by atoms with Crippen molar-refractivity contribution in [3.8, 4) is 23.0 Å². The fraction of sp³-hybridized carbons (Fsp3) is 0.286. The Labute approximate surface area is 162 Å².